The number of hydrogen-bond acceptors (Lipinski definition) is 3. The summed E-state index contributed by atoms with van der Waals surface area (Å²) in [6.45, 7) is 6.36. The Bertz CT molecular complexity index is 577. The third-order valence-electron chi connectivity index (χ3n) is 3.85. The largest absolute Gasteiger partial charge is 0.484 e. The molecule has 0 amide bonds. The molecule has 2 N–H and O–H groups in total. The predicted molar refractivity (Wildman–Crippen MR) is 85.4 cm³/mol. The van der Waals surface area contributed by atoms with Gasteiger partial charge in [0.15, 0.2) is 0 Å². The monoisotopic (exact) mass is 287 g/mol. The molecular formula is C17H25N3O. The number of para-hydroxylation sites is 1. The highest BCUT2D eigenvalue weighted by atomic mass is 16.5. The van der Waals surface area contributed by atoms with Gasteiger partial charge in [0.25, 0.3) is 0 Å². The average Bonchev–Trinajstić information content (AvgIpc) is 2.90. The maximum Gasteiger partial charge on any atom is 0.141 e. The minimum atomic E-state index is -0.191. The molecule has 3 unspecified atom stereocenters. The molecule has 0 aliphatic carbocycles. The van der Waals surface area contributed by atoms with Gasteiger partial charge in [-0.25, -0.2) is 0 Å². The minimum Gasteiger partial charge on any atom is -0.484 e. The molecule has 0 aliphatic heterocycles. The van der Waals surface area contributed by atoms with E-state index in [0.29, 0.717) is 5.92 Å². The van der Waals surface area contributed by atoms with E-state index in [1.54, 1.807) is 4.68 Å². The molecule has 114 valence electrons. The van der Waals surface area contributed by atoms with E-state index in [1.807, 2.05) is 38.5 Å². The summed E-state index contributed by atoms with van der Waals surface area (Å²) in [6, 6.07) is 8.10. The number of aryl methyl sites for hydroxylation is 1. The zero-order valence-corrected chi connectivity index (χ0v) is 13.3. The molecular weight excluding hydrogens is 262 g/mol. The summed E-state index contributed by atoms with van der Waals surface area (Å²) >= 11 is 0. The Balaban J connectivity index is 2.30. The first kappa shape index (κ1) is 15.6. The summed E-state index contributed by atoms with van der Waals surface area (Å²) in [5, 5.41) is 4.22. The van der Waals surface area contributed by atoms with Crippen LogP contribution in [-0.4, -0.2) is 15.8 Å². The van der Waals surface area contributed by atoms with E-state index in [4.69, 9.17) is 10.5 Å². The van der Waals surface area contributed by atoms with Crippen LogP contribution in [0.1, 0.15) is 50.3 Å². The molecule has 0 aliphatic rings. The molecule has 0 saturated carbocycles. The molecule has 1 heterocycles. The van der Waals surface area contributed by atoms with E-state index in [1.165, 1.54) is 5.56 Å². The summed E-state index contributed by atoms with van der Waals surface area (Å²) in [7, 11) is 1.90. The van der Waals surface area contributed by atoms with E-state index in [0.717, 1.165) is 17.7 Å². The van der Waals surface area contributed by atoms with Gasteiger partial charge < -0.3 is 10.5 Å². The van der Waals surface area contributed by atoms with Gasteiger partial charge in [0, 0.05) is 24.8 Å². The molecule has 0 spiro atoms. The fourth-order valence-corrected chi connectivity index (χ4v) is 2.42. The van der Waals surface area contributed by atoms with Crippen molar-refractivity contribution >= 4 is 0 Å². The van der Waals surface area contributed by atoms with Gasteiger partial charge in [0.2, 0.25) is 0 Å². The zero-order chi connectivity index (χ0) is 15.4. The highest BCUT2D eigenvalue weighted by molar-refractivity contribution is 5.36. The highest BCUT2D eigenvalue weighted by Gasteiger charge is 2.21. The Morgan fingerprint density at radius 2 is 2.00 bits per heavy atom. The standard InChI is InChI=1S/C17H25N3O/c1-5-12(2)15-8-6-7-9-16(15)21-17(13(3)18)14-10-19-20(4)11-14/h6-13,17H,5,18H2,1-4H3. The van der Waals surface area contributed by atoms with Crippen LogP contribution in [-0.2, 0) is 7.05 Å². The van der Waals surface area contributed by atoms with Crippen molar-refractivity contribution in [3.05, 3.63) is 47.8 Å². The number of benzene rings is 1. The second kappa shape index (κ2) is 6.76. The number of hydrogen-bond donors (Lipinski definition) is 1. The van der Waals surface area contributed by atoms with Gasteiger partial charge in [0.05, 0.1) is 6.20 Å². The number of nitrogens with two attached hydrogens (primary N) is 1. The SMILES string of the molecule is CCC(C)c1ccccc1OC(c1cnn(C)c1)C(C)N. The van der Waals surface area contributed by atoms with E-state index in [-0.39, 0.29) is 12.1 Å². The molecule has 2 aromatic rings. The Morgan fingerprint density at radius 1 is 1.29 bits per heavy atom. The van der Waals surface area contributed by atoms with Gasteiger partial charge in [-0.05, 0) is 30.9 Å². The van der Waals surface area contributed by atoms with E-state index in [2.05, 4.69) is 31.1 Å². The topological polar surface area (TPSA) is 53.1 Å². The third-order valence-corrected chi connectivity index (χ3v) is 3.85. The van der Waals surface area contributed by atoms with Crippen molar-refractivity contribution in [1.29, 1.82) is 0 Å². The minimum absolute atomic E-state index is 0.112. The summed E-state index contributed by atoms with van der Waals surface area (Å²) in [4.78, 5) is 0. The van der Waals surface area contributed by atoms with Crippen molar-refractivity contribution in [2.24, 2.45) is 12.8 Å². The van der Waals surface area contributed by atoms with Crippen LogP contribution in [0.4, 0.5) is 0 Å². The van der Waals surface area contributed by atoms with Crippen molar-refractivity contribution in [1.82, 2.24) is 9.78 Å². The van der Waals surface area contributed by atoms with Crippen LogP contribution in [0.5, 0.6) is 5.75 Å². The van der Waals surface area contributed by atoms with Crippen LogP contribution in [0.15, 0.2) is 36.7 Å². The lowest BCUT2D eigenvalue weighted by molar-refractivity contribution is 0.178. The van der Waals surface area contributed by atoms with Crippen molar-refractivity contribution < 1.29 is 4.74 Å². The fourth-order valence-electron chi connectivity index (χ4n) is 2.42. The van der Waals surface area contributed by atoms with Crippen molar-refractivity contribution in [3.63, 3.8) is 0 Å². The van der Waals surface area contributed by atoms with Gasteiger partial charge in [-0.15, -0.1) is 0 Å². The Morgan fingerprint density at radius 3 is 2.57 bits per heavy atom. The van der Waals surface area contributed by atoms with Crippen LogP contribution in [0.25, 0.3) is 0 Å². The van der Waals surface area contributed by atoms with Crippen molar-refractivity contribution in [3.8, 4) is 5.75 Å². The quantitative estimate of drug-likeness (QED) is 0.886. The van der Waals surface area contributed by atoms with Crippen LogP contribution >= 0.6 is 0 Å². The van der Waals surface area contributed by atoms with Gasteiger partial charge in [-0.1, -0.05) is 32.0 Å². The second-order valence-electron chi connectivity index (χ2n) is 5.69. The Labute approximate surface area is 126 Å². The summed E-state index contributed by atoms with van der Waals surface area (Å²) < 4.78 is 8.02. The smallest absolute Gasteiger partial charge is 0.141 e. The molecule has 4 heteroatoms. The predicted octanol–water partition coefficient (Wildman–Crippen LogP) is 3.40. The molecule has 2 rings (SSSR count). The third kappa shape index (κ3) is 3.64. The molecule has 4 nitrogen and oxygen atoms in total. The van der Waals surface area contributed by atoms with Gasteiger partial charge >= 0.3 is 0 Å². The molecule has 3 atom stereocenters. The van der Waals surface area contributed by atoms with Gasteiger partial charge in [0.1, 0.15) is 11.9 Å². The van der Waals surface area contributed by atoms with Crippen LogP contribution in [0, 0.1) is 0 Å². The Kier molecular flexibility index (Phi) is 5.02. The lowest BCUT2D eigenvalue weighted by atomic mass is 9.97. The van der Waals surface area contributed by atoms with E-state index >= 15 is 0 Å². The molecule has 21 heavy (non-hydrogen) atoms. The molecule has 0 saturated heterocycles. The van der Waals surface area contributed by atoms with E-state index < -0.39 is 0 Å². The summed E-state index contributed by atoms with van der Waals surface area (Å²) in [6.07, 6.45) is 4.67. The number of ether oxygens (including phenoxy) is 1. The molecule has 1 aromatic carbocycles. The zero-order valence-electron chi connectivity index (χ0n) is 13.3. The lowest BCUT2D eigenvalue weighted by Crippen LogP contribution is -2.29. The highest BCUT2D eigenvalue weighted by Crippen LogP contribution is 2.32. The van der Waals surface area contributed by atoms with Gasteiger partial charge in [-0.3, -0.25) is 4.68 Å². The molecule has 1 aromatic heterocycles. The van der Waals surface area contributed by atoms with Crippen molar-refractivity contribution in [2.45, 2.75) is 45.3 Å². The fraction of sp³-hybridized carbons (Fsp3) is 0.471. The van der Waals surface area contributed by atoms with Crippen molar-refractivity contribution in [2.75, 3.05) is 0 Å². The maximum atomic E-state index is 6.25. The van der Waals surface area contributed by atoms with Crippen LogP contribution in [0.3, 0.4) is 0 Å². The molecule has 0 fully saturated rings. The van der Waals surface area contributed by atoms with E-state index in [9.17, 15) is 0 Å². The summed E-state index contributed by atoms with van der Waals surface area (Å²) in [5.41, 5.74) is 8.36. The first-order valence-corrected chi connectivity index (χ1v) is 7.52. The van der Waals surface area contributed by atoms with Crippen LogP contribution < -0.4 is 10.5 Å². The Hall–Kier alpha value is -1.81. The van der Waals surface area contributed by atoms with Crippen LogP contribution in [0.2, 0.25) is 0 Å². The second-order valence-corrected chi connectivity index (χ2v) is 5.69. The normalized spacial score (nSPS) is 15.5. The average molecular weight is 287 g/mol. The number of aromatic nitrogens is 2. The lowest BCUT2D eigenvalue weighted by Gasteiger charge is -2.24. The first-order chi connectivity index (χ1) is 10.0. The molecule has 0 radical (unpaired) electrons. The first-order valence-electron chi connectivity index (χ1n) is 7.52. The number of nitrogens with zero attached hydrogens (tertiary/aromatic N) is 2. The number of rotatable bonds is 6. The maximum absolute atomic E-state index is 6.25. The molecule has 0 bridgehead atoms. The summed E-state index contributed by atoms with van der Waals surface area (Å²) in [5.74, 6) is 1.38. The van der Waals surface area contributed by atoms with Gasteiger partial charge in [-0.2, -0.15) is 5.10 Å².